The van der Waals surface area contributed by atoms with Gasteiger partial charge in [-0.25, -0.2) is 4.98 Å². The summed E-state index contributed by atoms with van der Waals surface area (Å²) in [6.07, 6.45) is 0. The average Bonchev–Trinajstić information content (AvgIpc) is 3.49. The van der Waals surface area contributed by atoms with Crippen LogP contribution >= 0.6 is 34.9 Å². The minimum atomic E-state index is -0.207. The predicted molar refractivity (Wildman–Crippen MR) is 123 cm³/mol. The van der Waals surface area contributed by atoms with E-state index in [1.54, 1.807) is 15.9 Å². The molecular formula is C20H16N6OS3. The van der Waals surface area contributed by atoms with Crippen LogP contribution in [-0.4, -0.2) is 30.6 Å². The van der Waals surface area contributed by atoms with Crippen LogP contribution in [0.1, 0.15) is 5.69 Å². The fourth-order valence-corrected chi connectivity index (χ4v) is 5.05. The Morgan fingerprint density at radius 3 is 2.93 bits per heavy atom. The summed E-state index contributed by atoms with van der Waals surface area (Å²) in [6, 6.07) is 12.0. The number of H-pyrrole nitrogens is 2. The van der Waals surface area contributed by atoms with Crippen molar-refractivity contribution < 1.29 is 4.79 Å². The smallest absolute Gasteiger partial charge is 0.246 e. The van der Waals surface area contributed by atoms with Crippen LogP contribution < -0.4 is 5.32 Å². The first kappa shape index (κ1) is 18.9. The molecule has 0 radical (unpaired) electrons. The summed E-state index contributed by atoms with van der Waals surface area (Å²) in [5.41, 5.74) is 4.01. The highest BCUT2D eigenvalue weighted by atomic mass is 32.1. The van der Waals surface area contributed by atoms with Crippen molar-refractivity contribution >= 4 is 56.8 Å². The van der Waals surface area contributed by atoms with E-state index in [4.69, 9.17) is 12.2 Å². The van der Waals surface area contributed by atoms with Crippen molar-refractivity contribution in [2.45, 2.75) is 13.5 Å². The van der Waals surface area contributed by atoms with E-state index in [1.165, 1.54) is 11.3 Å². The minimum Gasteiger partial charge on any atom is -0.358 e. The number of carbonyl (C=O) groups is 1. The molecule has 7 nitrogen and oxygen atoms in total. The molecule has 1 amide bonds. The number of aryl methyl sites for hydroxylation is 1. The number of hydrogen-bond acceptors (Lipinski definition) is 6. The molecule has 0 saturated heterocycles. The van der Waals surface area contributed by atoms with Crippen LogP contribution in [0.3, 0.4) is 0 Å². The van der Waals surface area contributed by atoms with E-state index < -0.39 is 0 Å². The fraction of sp³-hybridized carbons (Fsp3) is 0.100. The Kier molecular flexibility index (Phi) is 4.81. The number of fused-ring (bicyclic) bond motifs is 1. The van der Waals surface area contributed by atoms with E-state index in [0.717, 1.165) is 32.7 Å². The highest BCUT2D eigenvalue weighted by molar-refractivity contribution is 7.71. The highest BCUT2D eigenvalue weighted by Crippen LogP contribution is 2.33. The number of thiophene rings is 1. The molecule has 150 valence electrons. The number of nitrogens with zero attached hydrogens (tertiary/aromatic N) is 3. The minimum absolute atomic E-state index is 0.0591. The second-order valence-corrected chi connectivity index (χ2v) is 8.86. The largest absolute Gasteiger partial charge is 0.358 e. The summed E-state index contributed by atoms with van der Waals surface area (Å²) in [5, 5.41) is 15.5. The molecule has 5 aromatic rings. The van der Waals surface area contributed by atoms with Gasteiger partial charge in [-0.2, -0.15) is 5.10 Å². The van der Waals surface area contributed by atoms with Crippen molar-refractivity contribution in [3.63, 3.8) is 0 Å². The van der Waals surface area contributed by atoms with Gasteiger partial charge in [0, 0.05) is 27.5 Å². The lowest BCUT2D eigenvalue weighted by Gasteiger charge is -2.05. The van der Waals surface area contributed by atoms with Crippen molar-refractivity contribution in [2.24, 2.45) is 0 Å². The number of amides is 1. The third-order valence-corrected chi connectivity index (χ3v) is 6.64. The molecule has 0 atom stereocenters. The summed E-state index contributed by atoms with van der Waals surface area (Å²) in [7, 11) is 0. The third kappa shape index (κ3) is 3.38. The second-order valence-electron chi connectivity index (χ2n) is 6.67. The van der Waals surface area contributed by atoms with Gasteiger partial charge in [0.25, 0.3) is 0 Å². The first-order valence-electron chi connectivity index (χ1n) is 9.12. The number of benzene rings is 1. The summed E-state index contributed by atoms with van der Waals surface area (Å²) in [5.74, 6) is 0.446. The van der Waals surface area contributed by atoms with Gasteiger partial charge >= 0.3 is 0 Å². The van der Waals surface area contributed by atoms with E-state index in [0.29, 0.717) is 15.7 Å². The van der Waals surface area contributed by atoms with Gasteiger partial charge in [0.15, 0.2) is 15.7 Å². The van der Waals surface area contributed by atoms with Crippen LogP contribution in [0.15, 0.2) is 47.2 Å². The van der Waals surface area contributed by atoms with Gasteiger partial charge in [-0.1, -0.05) is 24.3 Å². The van der Waals surface area contributed by atoms with Gasteiger partial charge in [-0.05, 0) is 36.7 Å². The number of nitrogens with one attached hydrogen (secondary N) is 3. The van der Waals surface area contributed by atoms with E-state index in [2.05, 4.69) is 31.5 Å². The molecule has 0 aliphatic carbocycles. The van der Waals surface area contributed by atoms with Gasteiger partial charge in [0.05, 0.1) is 10.6 Å². The zero-order valence-corrected chi connectivity index (χ0v) is 18.3. The Hall–Kier alpha value is -3.08. The zero-order chi connectivity index (χ0) is 20.7. The summed E-state index contributed by atoms with van der Waals surface area (Å²) >= 11 is 8.24. The lowest BCUT2D eigenvalue weighted by Crippen LogP contribution is -2.19. The molecule has 0 fully saturated rings. The summed E-state index contributed by atoms with van der Waals surface area (Å²) in [6.45, 7) is 2.09. The van der Waals surface area contributed by atoms with Gasteiger partial charge in [-0.3, -0.25) is 14.5 Å². The Morgan fingerprint density at radius 2 is 2.10 bits per heavy atom. The topological polar surface area (TPSA) is 91.4 Å². The maximum atomic E-state index is 12.7. The number of thiazole rings is 1. The second kappa shape index (κ2) is 7.63. The molecule has 4 heterocycles. The molecule has 0 unspecified atom stereocenters. The van der Waals surface area contributed by atoms with Crippen molar-refractivity contribution in [1.82, 2.24) is 24.7 Å². The molecule has 3 N–H and O–H groups in total. The Bertz CT molecular complexity index is 1410. The molecule has 4 aromatic heterocycles. The predicted octanol–water partition coefficient (Wildman–Crippen LogP) is 5.22. The van der Waals surface area contributed by atoms with Crippen LogP contribution in [0.5, 0.6) is 0 Å². The first-order valence-corrected chi connectivity index (χ1v) is 11.3. The van der Waals surface area contributed by atoms with Crippen molar-refractivity contribution in [3.05, 3.63) is 57.6 Å². The maximum Gasteiger partial charge on any atom is 0.246 e. The Morgan fingerprint density at radius 1 is 1.23 bits per heavy atom. The highest BCUT2D eigenvalue weighted by Gasteiger charge is 2.16. The first-order chi connectivity index (χ1) is 14.6. The quantitative estimate of drug-likeness (QED) is 0.319. The maximum absolute atomic E-state index is 12.7. The monoisotopic (exact) mass is 452 g/mol. The molecule has 0 spiro atoms. The number of hydrogen-bond donors (Lipinski definition) is 3. The van der Waals surface area contributed by atoms with Crippen LogP contribution in [0.25, 0.3) is 32.9 Å². The number of aromatic nitrogens is 5. The van der Waals surface area contributed by atoms with Crippen LogP contribution in [0.2, 0.25) is 0 Å². The lowest BCUT2D eigenvalue weighted by molar-refractivity contribution is -0.116. The third-order valence-electron chi connectivity index (χ3n) is 4.70. The standard InChI is InChI=1S/C20H16N6OS3/c1-11-17(12-5-2-3-6-13(12)21-11)14-10-30-19(22-14)23-16(27)9-26-18(24-25-20(26)28)15-7-4-8-29-15/h2-8,10,21H,9H2,1H3,(H,25,28)(H,22,23,27). The fourth-order valence-electron chi connectivity index (χ4n) is 3.41. The molecule has 10 heteroatoms. The number of aromatic amines is 2. The normalized spacial score (nSPS) is 11.2. The number of para-hydroxylation sites is 1. The van der Waals surface area contributed by atoms with Crippen molar-refractivity contribution in [2.75, 3.05) is 5.32 Å². The van der Waals surface area contributed by atoms with Crippen LogP contribution in [0.4, 0.5) is 5.13 Å². The van der Waals surface area contributed by atoms with E-state index in [9.17, 15) is 4.79 Å². The van der Waals surface area contributed by atoms with Gasteiger partial charge in [0.1, 0.15) is 6.54 Å². The van der Waals surface area contributed by atoms with E-state index in [-0.39, 0.29) is 12.5 Å². The van der Waals surface area contributed by atoms with Crippen molar-refractivity contribution in [3.8, 4) is 22.0 Å². The lowest BCUT2D eigenvalue weighted by atomic mass is 10.1. The molecular weight excluding hydrogens is 436 g/mol. The molecule has 1 aromatic carbocycles. The molecule has 30 heavy (non-hydrogen) atoms. The van der Waals surface area contributed by atoms with Gasteiger partial charge < -0.3 is 10.3 Å². The molecule has 0 aliphatic heterocycles. The summed E-state index contributed by atoms with van der Waals surface area (Å²) in [4.78, 5) is 21.6. The van der Waals surface area contributed by atoms with E-state index in [1.807, 2.05) is 48.0 Å². The SMILES string of the molecule is Cc1[nH]c2ccccc2c1-c1csc(NC(=O)Cn2c(-c3cccs3)n[nH]c2=S)n1. The van der Waals surface area contributed by atoms with Crippen LogP contribution in [0, 0.1) is 11.7 Å². The average molecular weight is 453 g/mol. The molecule has 0 saturated carbocycles. The Balaban J connectivity index is 1.38. The molecule has 5 rings (SSSR count). The number of anilines is 1. The van der Waals surface area contributed by atoms with Crippen LogP contribution in [-0.2, 0) is 11.3 Å². The summed E-state index contributed by atoms with van der Waals surface area (Å²) < 4.78 is 2.09. The zero-order valence-electron chi connectivity index (χ0n) is 15.8. The van der Waals surface area contributed by atoms with E-state index >= 15 is 0 Å². The number of rotatable bonds is 5. The van der Waals surface area contributed by atoms with Gasteiger partial charge in [0.2, 0.25) is 5.91 Å². The van der Waals surface area contributed by atoms with Crippen molar-refractivity contribution in [1.29, 1.82) is 0 Å². The molecule has 0 bridgehead atoms. The molecule has 0 aliphatic rings. The Labute approximate surface area is 184 Å². The van der Waals surface area contributed by atoms with Gasteiger partial charge in [-0.15, -0.1) is 22.7 Å². The number of carbonyl (C=O) groups excluding carboxylic acids is 1.